The van der Waals surface area contributed by atoms with Gasteiger partial charge < -0.3 is 0 Å². The summed E-state index contributed by atoms with van der Waals surface area (Å²) in [6.45, 7) is -1.79. The van der Waals surface area contributed by atoms with Gasteiger partial charge in [0, 0.05) is 6.54 Å². The summed E-state index contributed by atoms with van der Waals surface area (Å²) < 4.78 is 62.7. The van der Waals surface area contributed by atoms with Crippen molar-refractivity contribution in [2.45, 2.75) is 16.9 Å². The van der Waals surface area contributed by atoms with E-state index >= 15 is 0 Å². The average molecular weight is 341 g/mol. The molecule has 2 heterocycles. The molecule has 2 aromatic heterocycles. The van der Waals surface area contributed by atoms with Crippen LogP contribution in [-0.2, 0) is 16.6 Å². The minimum absolute atomic E-state index is 0.0861. The summed E-state index contributed by atoms with van der Waals surface area (Å²) in [5, 5.41) is 4.84. The lowest BCUT2D eigenvalue weighted by molar-refractivity contribution is -0.136. The number of alkyl halides is 3. The van der Waals surface area contributed by atoms with Gasteiger partial charge in [-0.1, -0.05) is 6.07 Å². The van der Waals surface area contributed by atoms with E-state index < -0.39 is 22.7 Å². The Labute approximate surface area is 122 Å². The van der Waals surface area contributed by atoms with Gasteiger partial charge in [0.1, 0.15) is 10.8 Å². The van der Waals surface area contributed by atoms with Gasteiger partial charge in [-0.2, -0.15) is 28.8 Å². The molecule has 0 saturated carbocycles. The van der Waals surface area contributed by atoms with Crippen molar-refractivity contribution in [3.63, 3.8) is 0 Å². The maximum absolute atomic E-state index is 12.6. The molecule has 0 saturated heterocycles. The number of hydrogen-bond acceptors (Lipinski definition) is 4. The van der Waals surface area contributed by atoms with E-state index in [0.717, 1.165) is 11.3 Å². The molecular weight excluding hydrogens is 331 g/mol. The van der Waals surface area contributed by atoms with E-state index in [1.165, 1.54) is 28.8 Å². The van der Waals surface area contributed by atoms with Crippen molar-refractivity contribution in [3.05, 3.63) is 39.9 Å². The minimum atomic E-state index is -4.58. The highest BCUT2D eigenvalue weighted by Gasteiger charge is 2.37. The first-order valence-electron chi connectivity index (χ1n) is 5.40. The van der Waals surface area contributed by atoms with Crippen LogP contribution in [0.15, 0.2) is 38.5 Å². The molecular formula is C11H10F3NO2S3. The average Bonchev–Trinajstić information content (AvgIpc) is 2.99. The van der Waals surface area contributed by atoms with Crippen LogP contribution >= 0.6 is 22.7 Å². The second kappa shape index (κ2) is 5.84. The Morgan fingerprint density at radius 2 is 1.95 bits per heavy atom. The summed E-state index contributed by atoms with van der Waals surface area (Å²) in [6, 6.07) is 4.41. The number of rotatable bonds is 5. The highest BCUT2D eigenvalue weighted by Crippen LogP contribution is 2.27. The molecule has 2 rings (SSSR count). The minimum Gasteiger partial charge on any atom is -0.206 e. The maximum atomic E-state index is 12.6. The van der Waals surface area contributed by atoms with Gasteiger partial charge in [0.25, 0.3) is 10.0 Å². The van der Waals surface area contributed by atoms with Gasteiger partial charge in [0.15, 0.2) is 0 Å². The van der Waals surface area contributed by atoms with Gasteiger partial charge >= 0.3 is 6.18 Å². The van der Waals surface area contributed by atoms with Crippen molar-refractivity contribution in [2.75, 3.05) is 6.54 Å². The Bertz CT molecular complexity index is 633. The summed E-state index contributed by atoms with van der Waals surface area (Å²) in [4.78, 5) is 0. The van der Waals surface area contributed by atoms with Crippen LogP contribution in [0.3, 0.4) is 0 Å². The van der Waals surface area contributed by atoms with E-state index in [2.05, 4.69) is 0 Å². The maximum Gasteiger partial charge on any atom is 0.402 e. The van der Waals surface area contributed by atoms with E-state index in [0.29, 0.717) is 9.87 Å². The molecule has 0 spiro atoms. The van der Waals surface area contributed by atoms with Crippen LogP contribution in [0.1, 0.15) is 5.56 Å². The van der Waals surface area contributed by atoms with Gasteiger partial charge in [0.2, 0.25) is 0 Å². The lowest BCUT2D eigenvalue weighted by Crippen LogP contribution is -2.38. The number of sulfonamides is 1. The van der Waals surface area contributed by atoms with Gasteiger partial charge in [-0.3, -0.25) is 0 Å². The molecule has 0 amide bonds. The van der Waals surface area contributed by atoms with Crippen LogP contribution in [0.4, 0.5) is 13.2 Å². The molecule has 0 atom stereocenters. The van der Waals surface area contributed by atoms with Crippen LogP contribution in [0.5, 0.6) is 0 Å². The Morgan fingerprint density at radius 3 is 2.45 bits per heavy atom. The summed E-state index contributed by atoms with van der Waals surface area (Å²) in [5.74, 6) is 0. The van der Waals surface area contributed by atoms with Crippen LogP contribution in [0.2, 0.25) is 0 Å². The SMILES string of the molecule is O=S(=O)(c1cccs1)N(Cc1ccsc1)CC(F)(F)F. The topological polar surface area (TPSA) is 37.4 Å². The van der Waals surface area contributed by atoms with Crippen LogP contribution < -0.4 is 0 Å². The predicted octanol–water partition coefficient (Wildman–Crippen LogP) is 3.56. The second-order valence-corrected chi connectivity index (χ2v) is 7.84. The Kier molecular flexibility index (Phi) is 4.52. The van der Waals surface area contributed by atoms with E-state index in [1.807, 2.05) is 0 Å². The molecule has 0 aliphatic carbocycles. The molecule has 2 aromatic rings. The van der Waals surface area contributed by atoms with Crippen molar-refractivity contribution < 1.29 is 21.6 Å². The zero-order valence-corrected chi connectivity index (χ0v) is 12.5. The molecule has 3 nitrogen and oxygen atoms in total. The lowest BCUT2D eigenvalue weighted by Gasteiger charge is -2.22. The Balaban J connectivity index is 2.31. The molecule has 9 heteroatoms. The third kappa shape index (κ3) is 3.81. The molecule has 0 aliphatic rings. The Hall–Kier alpha value is -0.900. The van der Waals surface area contributed by atoms with Crippen LogP contribution in [-0.4, -0.2) is 25.4 Å². The fourth-order valence-electron chi connectivity index (χ4n) is 1.55. The van der Waals surface area contributed by atoms with Crippen LogP contribution in [0.25, 0.3) is 0 Å². The fourth-order valence-corrected chi connectivity index (χ4v) is 4.77. The molecule has 0 unspecified atom stereocenters. The van der Waals surface area contributed by atoms with E-state index in [-0.39, 0.29) is 10.8 Å². The first-order valence-corrected chi connectivity index (χ1v) is 8.67. The highest BCUT2D eigenvalue weighted by molar-refractivity contribution is 7.91. The third-order valence-corrected chi connectivity index (χ3v) is 6.28. The van der Waals surface area contributed by atoms with Gasteiger partial charge in [0.05, 0.1) is 0 Å². The fraction of sp³-hybridized carbons (Fsp3) is 0.273. The predicted molar refractivity (Wildman–Crippen MR) is 72.3 cm³/mol. The third-order valence-electron chi connectivity index (χ3n) is 2.38. The van der Waals surface area contributed by atoms with Gasteiger partial charge in [-0.25, -0.2) is 8.42 Å². The molecule has 0 aliphatic heterocycles. The Morgan fingerprint density at radius 1 is 1.20 bits per heavy atom. The summed E-state index contributed by atoms with van der Waals surface area (Å²) in [5.41, 5.74) is 0.541. The number of nitrogens with zero attached hydrogens (tertiary/aromatic N) is 1. The molecule has 110 valence electrons. The molecule has 20 heavy (non-hydrogen) atoms. The summed E-state index contributed by atoms with van der Waals surface area (Å²) in [6.07, 6.45) is -4.58. The highest BCUT2D eigenvalue weighted by atomic mass is 32.2. The molecule has 0 aromatic carbocycles. The van der Waals surface area contributed by atoms with Gasteiger partial charge in [-0.15, -0.1) is 11.3 Å². The van der Waals surface area contributed by atoms with Crippen molar-refractivity contribution in [1.82, 2.24) is 4.31 Å². The quantitative estimate of drug-likeness (QED) is 0.834. The lowest BCUT2D eigenvalue weighted by atomic mass is 10.3. The monoisotopic (exact) mass is 341 g/mol. The number of hydrogen-bond donors (Lipinski definition) is 0. The second-order valence-electron chi connectivity index (χ2n) is 3.95. The summed E-state index contributed by atoms with van der Waals surface area (Å²) in [7, 11) is -4.13. The van der Waals surface area contributed by atoms with Crippen LogP contribution in [0, 0.1) is 0 Å². The molecule has 0 fully saturated rings. The van der Waals surface area contributed by atoms with Crippen molar-refractivity contribution in [1.29, 1.82) is 0 Å². The van der Waals surface area contributed by atoms with Crippen molar-refractivity contribution in [2.24, 2.45) is 0 Å². The van der Waals surface area contributed by atoms with E-state index in [9.17, 15) is 21.6 Å². The largest absolute Gasteiger partial charge is 0.402 e. The smallest absolute Gasteiger partial charge is 0.206 e. The number of thiophene rings is 2. The normalized spacial score (nSPS) is 13.0. The standard InChI is InChI=1S/C11H10F3NO2S3/c12-11(13,14)8-15(6-9-3-5-18-7-9)20(16,17)10-2-1-4-19-10/h1-5,7H,6,8H2. The number of halogens is 3. The molecule has 0 radical (unpaired) electrons. The van der Waals surface area contributed by atoms with E-state index in [1.54, 1.807) is 16.8 Å². The molecule has 0 bridgehead atoms. The summed E-state index contributed by atoms with van der Waals surface area (Å²) >= 11 is 2.21. The van der Waals surface area contributed by atoms with E-state index in [4.69, 9.17) is 0 Å². The zero-order chi connectivity index (χ0) is 14.8. The van der Waals surface area contributed by atoms with Crippen molar-refractivity contribution in [3.8, 4) is 0 Å². The first-order chi connectivity index (χ1) is 9.29. The molecule has 0 N–H and O–H groups in total. The van der Waals surface area contributed by atoms with Gasteiger partial charge in [-0.05, 0) is 33.8 Å². The van der Waals surface area contributed by atoms with Crippen molar-refractivity contribution >= 4 is 32.7 Å². The zero-order valence-electron chi connectivity index (χ0n) is 10.0. The first kappa shape index (κ1) is 15.5.